The van der Waals surface area contributed by atoms with Gasteiger partial charge in [-0.1, -0.05) is 90.1 Å². The van der Waals surface area contributed by atoms with E-state index in [4.69, 9.17) is 0 Å². The van der Waals surface area contributed by atoms with E-state index in [0.717, 1.165) is 23.8 Å². The van der Waals surface area contributed by atoms with Gasteiger partial charge in [-0.15, -0.1) is 0 Å². The average Bonchev–Trinajstić information content (AvgIpc) is 2.41. The van der Waals surface area contributed by atoms with Crippen molar-refractivity contribution in [2.45, 2.75) is 123 Å². The van der Waals surface area contributed by atoms with Crippen LogP contribution in [0.5, 0.6) is 0 Å². The Morgan fingerprint density at radius 1 is 0.800 bits per heavy atom. The third-order valence-corrected chi connectivity index (χ3v) is 10.8. The van der Waals surface area contributed by atoms with Gasteiger partial charge in [0.25, 0.3) is 0 Å². The molecule has 1 nitrogen and oxygen atoms in total. The Hall–Kier alpha value is 0.492. The van der Waals surface area contributed by atoms with Crippen molar-refractivity contribution in [3.63, 3.8) is 0 Å². The highest BCUT2D eigenvalue weighted by molar-refractivity contribution is 6.56. The van der Waals surface area contributed by atoms with E-state index in [1.165, 1.54) is 42.7 Å². The minimum Gasteiger partial charge on any atom is -0.377 e. The van der Waals surface area contributed by atoms with Gasteiger partial charge in [0, 0.05) is 0 Å². The quantitative estimate of drug-likeness (QED) is 0.425. The molecule has 0 aromatic carbocycles. The van der Waals surface area contributed by atoms with Gasteiger partial charge >= 0.3 is 14.4 Å². The summed E-state index contributed by atoms with van der Waals surface area (Å²) in [7, 11) is 0. The first-order chi connectivity index (χ1) is 11.3. The molecule has 2 heteroatoms. The predicted molar refractivity (Wildman–Crippen MR) is 116 cm³/mol. The molecular formula is C23H48AlN. The van der Waals surface area contributed by atoms with Crippen LogP contribution in [0.4, 0.5) is 0 Å². The zero-order valence-corrected chi connectivity index (χ0v) is 20.4. The predicted octanol–water partition coefficient (Wildman–Crippen LogP) is 7.39. The lowest BCUT2D eigenvalue weighted by molar-refractivity contribution is 0.0375. The fourth-order valence-electron chi connectivity index (χ4n) is 5.41. The molecule has 0 saturated heterocycles. The van der Waals surface area contributed by atoms with Crippen LogP contribution < -0.4 is 0 Å². The van der Waals surface area contributed by atoms with Crippen molar-refractivity contribution >= 4 is 14.4 Å². The van der Waals surface area contributed by atoms with Gasteiger partial charge in [-0.3, -0.25) is 0 Å². The van der Waals surface area contributed by atoms with Crippen molar-refractivity contribution in [3.05, 3.63) is 0 Å². The Balaban J connectivity index is 3.29. The molecule has 0 spiro atoms. The van der Waals surface area contributed by atoms with Crippen LogP contribution in [-0.2, 0) is 0 Å². The van der Waals surface area contributed by atoms with Gasteiger partial charge < -0.3 is 3.88 Å². The first-order valence-corrected chi connectivity index (χ1v) is 13.3. The summed E-state index contributed by atoms with van der Waals surface area (Å²) in [6.07, 6.45) is 7.28. The number of hydrogen-bond acceptors (Lipinski definition) is 1. The Bertz CT molecular complexity index is 359. The monoisotopic (exact) mass is 365 g/mol. The second kappa shape index (κ2) is 9.62. The van der Waals surface area contributed by atoms with E-state index >= 15 is 0 Å². The Kier molecular flexibility index (Phi) is 9.05. The molecule has 0 aromatic rings. The van der Waals surface area contributed by atoms with Gasteiger partial charge in [-0.25, -0.2) is 0 Å². The van der Waals surface area contributed by atoms with Crippen LogP contribution in [0, 0.1) is 23.2 Å². The van der Waals surface area contributed by atoms with Gasteiger partial charge in [0.05, 0.1) is 0 Å². The molecule has 25 heavy (non-hydrogen) atoms. The number of hydrogen-bond donors (Lipinski definition) is 0. The van der Waals surface area contributed by atoms with Crippen LogP contribution in [0.2, 0.25) is 10.6 Å². The van der Waals surface area contributed by atoms with Crippen molar-refractivity contribution in [2.24, 2.45) is 23.2 Å². The minimum atomic E-state index is -0.985. The highest BCUT2D eigenvalue weighted by atomic mass is 27.2. The summed E-state index contributed by atoms with van der Waals surface area (Å²) in [5.74, 6) is 2.56. The molecule has 1 aliphatic carbocycles. The summed E-state index contributed by atoms with van der Waals surface area (Å²) in [5, 5.41) is 2.93. The highest BCUT2D eigenvalue weighted by Gasteiger charge is 2.46. The molecule has 1 fully saturated rings. The summed E-state index contributed by atoms with van der Waals surface area (Å²) in [6.45, 7) is 24.8. The zero-order valence-electron chi connectivity index (χ0n) is 19.3. The van der Waals surface area contributed by atoms with Crippen molar-refractivity contribution in [1.29, 1.82) is 0 Å². The first kappa shape index (κ1) is 23.5. The van der Waals surface area contributed by atoms with E-state index in [2.05, 4.69) is 73.1 Å². The van der Waals surface area contributed by atoms with Gasteiger partial charge in [-0.05, 0) is 56.5 Å². The molecule has 1 atom stereocenters. The Labute approximate surface area is 164 Å². The van der Waals surface area contributed by atoms with E-state index in [1.807, 2.05) is 0 Å². The van der Waals surface area contributed by atoms with Crippen LogP contribution >= 0.6 is 0 Å². The molecule has 0 radical (unpaired) electrons. The molecule has 0 heterocycles. The van der Waals surface area contributed by atoms with Crippen molar-refractivity contribution < 1.29 is 0 Å². The zero-order chi connectivity index (χ0) is 19.4. The van der Waals surface area contributed by atoms with Gasteiger partial charge in [0.2, 0.25) is 0 Å². The van der Waals surface area contributed by atoms with E-state index in [0.29, 0.717) is 5.41 Å². The van der Waals surface area contributed by atoms with Crippen LogP contribution in [0.1, 0.15) is 101 Å². The molecule has 1 unspecified atom stereocenters. The third kappa shape index (κ3) is 7.56. The number of nitrogens with zero attached hydrogens (tertiary/aromatic N) is 1. The van der Waals surface area contributed by atoms with Gasteiger partial charge in [-0.2, -0.15) is 0 Å². The maximum absolute atomic E-state index is 3.13. The van der Waals surface area contributed by atoms with Crippen LogP contribution in [0.3, 0.4) is 0 Å². The fourth-order valence-corrected chi connectivity index (χ4v) is 10.5. The molecule has 0 aromatic heterocycles. The van der Waals surface area contributed by atoms with E-state index < -0.39 is 14.4 Å². The summed E-state index contributed by atoms with van der Waals surface area (Å²) >= 11 is -0.985. The Morgan fingerprint density at radius 2 is 1.24 bits per heavy atom. The molecule has 0 aliphatic heterocycles. The maximum Gasteiger partial charge on any atom is 0.373 e. The van der Waals surface area contributed by atoms with Crippen LogP contribution in [0.15, 0.2) is 0 Å². The number of rotatable bonds is 7. The van der Waals surface area contributed by atoms with E-state index in [-0.39, 0.29) is 5.54 Å². The van der Waals surface area contributed by atoms with Crippen molar-refractivity contribution in [3.8, 4) is 0 Å². The molecule has 1 aliphatic rings. The highest BCUT2D eigenvalue weighted by Crippen LogP contribution is 2.42. The smallest absolute Gasteiger partial charge is 0.373 e. The molecule has 0 amide bonds. The van der Waals surface area contributed by atoms with Crippen molar-refractivity contribution in [1.82, 2.24) is 3.88 Å². The maximum atomic E-state index is 3.13. The molecule has 148 valence electrons. The first-order valence-electron chi connectivity index (χ1n) is 11.1. The molecular weight excluding hydrogens is 317 g/mol. The fraction of sp³-hybridized carbons (Fsp3) is 1.00. The second-order valence-electron chi connectivity index (χ2n) is 11.7. The lowest BCUT2D eigenvalue weighted by Gasteiger charge is -2.55. The molecule has 0 N–H and O–H groups in total. The lowest BCUT2D eigenvalue weighted by Crippen LogP contribution is -2.62. The van der Waals surface area contributed by atoms with Crippen LogP contribution in [-0.4, -0.2) is 29.8 Å². The van der Waals surface area contributed by atoms with Crippen LogP contribution in [0.25, 0.3) is 0 Å². The van der Waals surface area contributed by atoms with E-state index in [1.54, 1.807) is 0 Å². The van der Waals surface area contributed by atoms with Gasteiger partial charge in [0.15, 0.2) is 0 Å². The summed E-state index contributed by atoms with van der Waals surface area (Å²) in [6, 6.07) is 0.752. The average molecular weight is 366 g/mol. The topological polar surface area (TPSA) is 3.24 Å². The SMILES string of the molecule is CC(C)[CH2][Al]([CH2]C(C)C)[N](C(C1CCCCC1)C(C)(C)C)C(C)(C)C. The molecule has 1 saturated carbocycles. The third-order valence-electron chi connectivity index (χ3n) is 5.94. The summed E-state index contributed by atoms with van der Waals surface area (Å²) in [4.78, 5) is 0. The standard InChI is InChI=1S/C15H30N.2C4H9.Al/c1-14(2,3)13(16-15(4,5)6)12-10-8-7-9-11-12;2*1-4(2)3;/h12-13H,7-11H2,1-6H3;2*4H,1H2,2-3H3;/q-1;;;+1. The van der Waals surface area contributed by atoms with Crippen molar-refractivity contribution in [2.75, 3.05) is 0 Å². The normalized spacial score (nSPS) is 19.1. The summed E-state index contributed by atoms with van der Waals surface area (Å²) < 4.78 is 3.13. The Morgan fingerprint density at radius 3 is 1.56 bits per heavy atom. The molecule has 1 rings (SSSR count). The largest absolute Gasteiger partial charge is 0.377 e. The molecule has 0 bridgehead atoms. The lowest BCUT2D eigenvalue weighted by atomic mass is 9.72. The van der Waals surface area contributed by atoms with E-state index in [9.17, 15) is 0 Å². The van der Waals surface area contributed by atoms with Gasteiger partial charge in [0.1, 0.15) is 0 Å². The second-order valence-corrected chi connectivity index (χ2v) is 14.5. The minimum absolute atomic E-state index is 0.288. The summed E-state index contributed by atoms with van der Waals surface area (Å²) in [5.41, 5.74) is 0.657.